The van der Waals surface area contributed by atoms with Gasteiger partial charge < -0.3 is 14.5 Å². The molecule has 1 aliphatic heterocycles. The Morgan fingerprint density at radius 2 is 2.13 bits per heavy atom. The first-order valence-corrected chi connectivity index (χ1v) is 6.80. The molecule has 1 aliphatic rings. The monoisotopic (exact) mass is 325 g/mol. The minimum atomic E-state index is -3.09. The SMILES string of the molecule is CN1C=CN(Cc2cn(-c3ccc(F)c(OC(F)F)c3)nn2)C1. The predicted octanol–water partition coefficient (Wildman–Crippen LogP) is 2.18. The highest BCUT2D eigenvalue weighted by molar-refractivity contribution is 5.39. The molecule has 2 aromatic rings. The zero-order chi connectivity index (χ0) is 16.4. The van der Waals surface area contributed by atoms with Gasteiger partial charge in [-0.05, 0) is 12.1 Å². The molecule has 0 aliphatic carbocycles. The van der Waals surface area contributed by atoms with Crippen LogP contribution in [0.25, 0.3) is 5.69 Å². The standard InChI is InChI=1S/C14H14F3N5O/c1-20-4-5-21(9-20)7-10-8-22(19-18-10)11-2-3-12(15)13(6-11)23-14(16)17/h2-6,8,14H,7,9H2,1H3. The van der Waals surface area contributed by atoms with Crippen molar-refractivity contribution in [3.63, 3.8) is 0 Å². The van der Waals surface area contributed by atoms with Gasteiger partial charge in [-0.3, -0.25) is 0 Å². The summed E-state index contributed by atoms with van der Waals surface area (Å²) in [6.45, 7) is -1.79. The Morgan fingerprint density at radius 1 is 1.30 bits per heavy atom. The summed E-state index contributed by atoms with van der Waals surface area (Å²) in [6, 6.07) is 3.62. The fourth-order valence-corrected chi connectivity index (χ4v) is 2.22. The van der Waals surface area contributed by atoms with Crippen LogP contribution in [0.2, 0.25) is 0 Å². The van der Waals surface area contributed by atoms with Crippen molar-refractivity contribution < 1.29 is 17.9 Å². The van der Waals surface area contributed by atoms with Crippen molar-refractivity contribution in [2.45, 2.75) is 13.2 Å². The number of nitrogens with zero attached hydrogens (tertiary/aromatic N) is 5. The van der Waals surface area contributed by atoms with E-state index in [0.29, 0.717) is 17.9 Å². The Morgan fingerprint density at radius 3 is 2.83 bits per heavy atom. The number of rotatable bonds is 5. The van der Waals surface area contributed by atoms with E-state index in [-0.39, 0.29) is 0 Å². The van der Waals surface area contributed by atoms with Gasteiger partial charge in [0.15, 0.2) is 11.6 Å². The summed E-state index contributed by atoms with van der Waals surface area (Å²) < 4.78 is 43.5. The molecule has 9 heteroatoms. The van der Waals surface area contributed by atoms with Crippen LogP contribution in [-0.2, 0) is 6.54 Å². The molecule has 2 heterocycles. The highest BCUT2D eigenvalue weighted by Crippen LogP contribution is 2.23. The van der Waals surface area contributed by atoms with E-state index >= 15 is 0 Å². The van der Waals surface area contributed by atoms with Gasteiger partial charge in [-0.25, -0.2) is 9.07 Å². The molecule has 0 saturated carbocycles. The summed E-state index contributed by atoms with van der Waals surface area (Å²) in [6.07, 6.45) is 5.54. The van der Waals surface area contributed by atoms with Crippen LogP contribution < -0.4 is 4.74 Å². The summed E-state index contributed by atoms with van der Waals surface area (Å²) in [5, 5.41) is 7.96. The molecule has 1 aromatic carbocycles. The molecule has 0 N–H and O–H groups in total. The average molecular weight is 325 g/mol. The number of benzene rings is 1. The van der Waals surface area contributed by atoms with Crippen LogP contribution in [0, 0.1) is 5.82 Å². The third kappa shape index (κ3) is 3.55. The molecule has 23 heavy (non-hydrogen) atoms. The zero-order valence-electron chi connectivity index (χ0n) is 12.2. The van der Waals surface area contributed by atoms with Crippen LogP contribution in [0.3, 0.4) is 0 Å². The van der Waals surface area contributed by atoms with Crippen molar-refractivity contribution in [2.75, 3.05) is 13.7 Å². The molecule has 0 fully saturated rings. The molecule has 0 unspecified atom stereocenters. The minimum absolute atomic E-state index is 0.384. The van der Waals surface area contributed by atoms with E-state index in [9.17, 15) is 13.2 Å². The molecule has 0 bridgehead atoms. The van der Waals surface area contributed by atoms with Gasteiger partial charge in [-0.15, -0.1) is 5.10 Å². The summed E-state index contributed by atoms with van der Waals surface area (Å²) in [5.41, 5.74) is 1.08. The van der Waals surface area contributed by atoms with Gasteiger partial charge in [0, 0.05) is 25.5 Å². The molecule has 0 radical (unpaired) electrons. The van der Waals surface area contributed by atoms with Gasteiger partial charge in [0.25, 0.3) is 0 Å². The molecule has 0 amide bonds. The number of alkyl halides is 2. The van der Waals surface area contributed by atoms with Crippen molar-refractivity contribution in [3.8, 4) is 11.4 Å². The normalized spacial score (nSPS) is 14.1. The molecule has 0 spiro atoms. The molecule has 6 nitrogen and oxygen atoms in total. The number of ether oxygens (including phenoxy) is 1. The number of hydrogen-bond donors (Lipinski definition) is 0. The summed E-state index contributed by atoms with van der Waals surface area (Å²) in [5.74, 6) is -1.39. The van der Waals surface area contributed by atoms with E-state index in [1.807, 2.05) is 29.2 Å². The van der Waals surface area contributed by atoms with Gasteiger partial charge in [0.2, 0.25) is 0 Å². The minimum Gasteiger partial charge on any atom is -0.432 e. The third-order valence-corrected chi connectivity index (χ3v) is 3.24. The third-order valence-electron chi connectivity index (χ3n) is 3.24. The zero-order valence-corrected chi connectivity index (χ0v) is 12.2. The summed E-state index contributed by atoms with van der Waals surface area (Å²) in [4.78, 5) is 4.04. The molecule has 3 rings (SSSR count). The topological polar surface area (TPSA) is 46.4 Å². The molecule has 1 aromatic heterocycles. The van der Waals surface area contributed by atoms with Crippen molar-refractivity contribution in [1.82, 2.24) is 24.8 Å². The van der Waals surface area contributed by atoms with Crippen molar-refractivity contribution >= 4 is 0 Å². The lowest BCUT2D eigenvalue weighted by molar-refractivity contribution is -0.0521. The second kappa shape index (κ2) is 6.19. The van der Waals surface area contributed by atoms with Crippen LogP contribution in [-0.4, -0.2) is 45.1 Å². The Hall–Kier alpha value is -2.71. The molecular weight excluding hydrogens is 311 g/mol. The highest BCUT2D eigenvalue weighted by Gasteiger charge is 2.14. The number of aromatic nitrogens is 3. The quantitative estimate of drug-likeness (QED) is 0.843. The van der Waals surface area contributed by atoms with Crippen molar-refractivity contribution in [3.05, 3.63) is 48.3 Å². The van der Waals surface area contributed by atoms with E-state index in [1.165, 1.54) is 10.7 Å². The Labute approximate surface area is 130 Å². The second-order valence-electron chi connectivity index (χ2n) is 5.09. The largest absolute Gasteiger partial charge is 0.432 e. The lowest BCUT2D eigenvalue weighted by Gasteiger charge is -2.16. The Kier molecular flexibility index (Phi) is 4.09. The first-order chi connectivity index (χ1) is 11.0. The summed E-state index contributed by atoms with van der Waals surface area (Å²) >= 11 is 0. The average Bonchev–Trinajstić information content (AvgIpc) is 3.11. The lowest BCUT2D eigenvalue weighted by Crippen LogP contribution is -2.22. The maximum atomic E-state index is 13.4. The van der Waals surface area contributed by atoms with Gasteiger partial charge in [-0.2, -0.15) is 8.78 Å². The van der Waals surface area contributed by atoms with Crippen molar-refractivity contribution in [1.29, 1.82) is 0 Å². The Balaban J connectivity index is 1.76. The highest BCUT2D eigenvalue weighted by atomic mass is 19.3. The predicted molar refractivity (Wildman–Crippen MR) is 75.3 cm³/mol. The van der Waals surface area contributed by atoms with E-state index < -0.39 is 18.2 Å². The first kappa shape index (κ1) is 15.2. The van der Waals surface area contributed by atoms with Crippen molar-refractivity contribution in [2.24, 2.45) is 0 Å². The lowest BCUT2D eigenvalue weighted by atomic mass is 10.3. The van der Waals surface area contributed by atoms with E-state index in [0.717, 1.165) is 18.8 Å². The summed E-state index contributed by atoms with van der Waals surface area (Å²) in [7, 11) is 1.95. The smallest absolute Gasteiger partial charge is 0.387 e. The van der Waals surface area contributed by atoms with E-state index in [1.54, 1.807) is 6.20 Å². The second-order valence-corrected chi connectivity index (χ2v) is 5.09. The van der Waals surface area contributed by atoms with Crippen LogP contribution in [0.15, 0.2) is 36.8 Å². The molecule has 122 valence electrons. The van der Waals surface area contributed by atoms with Gasteiger partial charge in [0.1, 0.15) is 5.69 Å². The van der Waals surface area contributed by atoms with Crippen LogP contribution in [0.4, 0.5) is 13.2 Å². The maximum Gasteiger partial charge on any atom is 0.387 e. The molecule has 0 saturated heterocycles. The Bertz CT molecular complexity index is 718. The van der Waals surface area contributed by atoms with Gasteiger partial charge in [0.05, 0.1) is 25.1 Å². The maximum absolute atomic E-state index is 13.4. The van der Waals surface area contributed by atoms with E-state index in [4.69, 9.17) is 0 Å². The van der Waals surface area contributed by atoms with Gasteiger partial charge in [-0.1, -0.05) is 5.21 Å². The number of hydrogen-bond acceptors (Lipinski definition) is 5. The number of halogens is 3. The fraction of sp³-hybridized carbons (Fsp3) is 0.286. The fourth-order valence-electron chi connectivity index (χ4n) is 2.22. The van der Waals surface area contributed by atoms with Crippen LogP contribution in [0.5, 0.6) is 5.75 Å². The van der Waals surface area contributed by atoms with Gasteiger partial charge >= 0.3 is 6.61 Å². The van der Waals surface area contributed by atoms with Crippen LogP contribution >= 0.6 is 0 Å². The molecular formula is C14H14F3N5O. The first-order valence-electron chi connectivity index (χ1n) is 6.80. The van der Waals surface area contributed by atoms with Crippen LogP contribution in [0.1, 0.15) is 5.69 Å². The van der Waals surface area contributed by atoms with E-state index in [2.05, 4.69) is 15.0 Å². The molecule has 0 atom stereocenters.